The molecule has 1 aromatic heterocycles. The van der Waals surface area contributed by atoms with Gasteiger partial charge >= 0.3 is 0 Å². The minimum atomic E-state index is -1.67. The lowest BCUT2D eigenvalue weighted by Crippen LogP contribution is -2.58. The van der Waals surface area contributed by atoms with Crippen molar-refractivity contribution in [2.45, 2.75) is 62.8 Å². The summed E-state index contributed by atoms with van der Waals surface area (Å²) in [4.78, 5) is 29.0. The number of hydrogen-bond donors (Lipinski definition) is 1. The molecule has 2 aliphatic carbocycles. The largest absolute Gasteiger partial charge is 0.347 e. The molecule has 0 bridgehead atoms. The molecule has 146 valence electrons. The van der Waals surface area contributed by atoms with Crippen molar-refractivity contribution in [1.29, 1.82) is 0 Å². The van der Waals surface area contributed by atoms with Crippen molar-refractivity contribution in [2.75, 3.05) is 26.2 Å². The Bertz CT molecular complexity index is 772. The second-order valence-electron chi connectivity index (χ2n) is 8.26. The number of piperazine rings is 1. The van der Waals surface area contributed by atoms with Crippen LogP contribution in [0.25, 0.3) is 0 Å². The van der Waals surface area contributed by atoms with E-state index in [0.29, 0.717) is 50.7 Å². The van der Waals surface area contributed by atoms with Crippen LogP contribution in [0.4, 0.5) is 4.39 Å². The molecule has 1 aromatic rings. The first-order chi connectivity index (χ1) is 13.0. The van der Waals surface area contributed by atoms with E-state index >= 15 is 0 Å². The van der Waals surface area contributed by atoms with Crippen LogP contribution in [0.2, 0.25) is 0 Å². The molecule has 27 heavy (non-hydrogen) atoms. The van der Waals surface area contributed by atoms with Crippen LogP contribution in [0.3, 0.4) is 0 Å². The van der Waals surface area contributed by atoms with Gasteiger partial charge in [0.1, 0.15) is 0 Å². The SMILES string of the molecule is O=C(NC1CCC1)c1nnc2n1CCN1CCN(C(=O)C3(F)CCC3)CC21. The molecule has 1 N–H and O–H groups in total. The summed E-state index contributed by atoms with van der Waals surface area (Å²) >= 11 is 0. The molecule has 3 heterocycles. The maximum atomic E-state index is 14.6. The van der Waals surface area contributed by atoms with Gasteiger partial charge < -0.3 is 14.8 Å². The number of hydrogen-bond acceptors (Lipinski definition) is 5. The van der Waals surface area contributed by atoms with Crippen LogP contribution < -0.4 is 5.32 Å². The fourth-order valence-electron chi connectivity index (χ4n) is 4.48. The first-order valence-electron chi connectivity index (χ1n) is 10.0. The lowest BCUT2D eigenvalue weighted by Gasteiger charge is -2.46. The number of fused-ring (bicyclic) bond motifs is 3. The van der Waals surface area contributed by atoms with Gasteiger partial charge in [0, 0.05) is 38.8 Å². The summed E-state index contributed by atoms with van der Waals surface area (Å²) in [6.45, 7) is 3.09. The molecule has 5 rings (SSSR count). The molecule has 1 saturated heterocycles. The summed E-state index contributed by atoms with van der Waals surface area (Å²) in [6.07, 6.45) is 4.63. The smallest absolute Gasteiger partial charge is 0.289 e. The van der Waals surface area contributed by atoms with E-state index in [4.69, 9.17) is 0 Å². The third-order valence-corrected chi connectivity index (χ3v) is 6.64. The molecule has 0 aromatic carbocycles. The van der Waals surface area contributed by atoms with Crippen molar-refractivity contribution < 1.29 is 14.0 Å². The molecule has 1 atom stereocenters. The molecule has 9 heteroatoms. The average Bonchev–Trinajstić information content (AvgIpc) is 3.06. The molecule has 8 nitrogen and oxygen atoms in total. The van der Waals surface area contributed by atoms with E-state index < -0.39 is 5.67 Å². The summed E-state index contributed by atoms with van der Waals surface area (Å²) in [7, 11) is 0. The Morgan fingerprint density at radius 3 is 2.52 bits per heavy atom. The predicted molar refractivity (Wildman–Crippen MR) is 93.7 cm³/mol. The number of carbonyl (C=O) groups is 2. The minimum Gasteiger partial charge on any atom is -0.347 e. The second kappa shape index (κ2) is 6.25. The molecule has 2 saturated carbocycles. The van der Waals surface area contributed by atoms with E-state index in [2.05, 4.69) is 20.4 Å². The second-order valence-corrected chi connectivity index (χ2v) is 8.26. The topological polar surface area (TPSA) is 83.4 Å². The van der Waals surface area contributed by atoms with Gasteiger partial charge in [0.25, 0.3) is 11.8 Å². The van der Waals surface area contributed by atoms with Crippen LogP contribution in [0, 0.1) is 0 Å². The Balaban J connectivity index is 1.34. The maximum absolute atomic E-state index is 14.6. The van der Waals surface area contributed by atoms with Crippen LogP contribution in [0.5, 0.6) is 0 Å². The maximum Gasteiger partial charge on any atom is 0.289 e. The highest BCUT2D eigenvalue weighted by atomic mass is 19.1. The van der Waals surface area contributed by atoms with Crippen molar-refractivity contribution >= 4 is 11.8 Å². The number of nitrogens with zero attached hydrogens (tertiary/aromatic N) is 5. The molecule has 4 aliphatic rings. The quantitative estimate of drug-likeness (QED) is 0.838. The van der Waals surface area contributed by atoms with Crippen molar-refractivity contribution in [3.8, 4) is 0 Å². The lowest BCUT2D eigenvalue weighted by atomic mass is 9.80. The summed E-state index contributed by atoms with van der Waals surface area (Å²) in [5.74, 6) is 0.501. The van der Waals surface area contributed by atoms with E-state index in [0.717, 1.165) is 32.2 Å². The highest BCUT2D eigenvalue weighted by molar-refractivity contribution is 5.91. The fourth-order valence-corrected chi connectivity index (χ4v) is 4.48. The highest BCUT2D eigenvalue weighted by Crippen LogP contribution is 2.39. The third kappa shape index (κ3) is 2.74. The molecular formula is C18H25FN6O2. The Morgan fingerprint density at radius 1 is 1.07 bits per heavy atom. The normalized spacial score (nSPS) is 27.1. The number of nitrogens with one attached hydrogen (secondary N) is 1. The van der Waals surface area contributed by atoms with E-state index in [9.17, 15) is 14.0 Å². The van der Waals surface area contributed by atoms with E-state index in [1.54, 1.807) is 4.90 Å². The number of amides is 2. The van der Waals surface area contributed by atoms with Gasteiger partial charge in [0.15, 0.2) is 11.5 Å². The van der Waals surface area contributed by atoms with Gasteiger partial charge in [-0.25, -0.2) is 4.39 Å². The Morgan fingerprint density at radius 2 is 1.85 bits per heavy atom. The molecule has 0 radical (unpaired) electrons. The van der Waals surface area contributed by atoms with Gasteiger partial charge in [-0.05, 0) is 38.5 Å². The number of aromatic nitrogens is 3. The van der Waals surface area contributed by atoms with Gasteiger partial charge in [-0.3, -0.25) is 14.5 Å². The Hall–Kier alpha value is -2.03. The van der Waals surface area contributed by atoms with E-state index in [-0.39, 0.29) is 23.9 Å². The zero-order chi connectivity index (χ0) is 18.6. The number of alkyl halides is 1. The van der Waals surface area contributed by atoms with Crippen LogP contribution in [-0.4, -0.2) is 74.3 Å². The molecular weight excluding hydrogens is 351 g/mol. The van der Waals surface area contributed by atoms with Crippen LogP contribution in [-0.2, 0) is 11.3 Å². The van der Waals surface area contributed by atoms with Gasteiger partial charge in [-0.15, -0.1) is 10.2 Å². The van der Waals surface area contributed by atoms with Gasteiger partial charge in [-0.1, -0.05) is 0 Å². The first-order valence-corrected chi connectivity index (χ1v) is 10.0. The van der Waals surface area contributed by atoms with Crippen molar-refractivity contribution in [2.24, 2.45) is 0 Å². The first kappa shape index (κ1) is 17.1. The van der Waals surface area contributed by atoms with Crippen molar-refractivity contribution in [3.63, 3.8) is 0 Å². The highest BCUT2D eigenvalue weighted by Gasteiger charge is 2.49. The minimum absolute atomic E-state index is 0.127. The summed E-state index contributed by atoms with van der Waals surface area (Å²) in [5.41, 5.74) is -1.67. The number of rotatable bonds is 3. The van der Waals surface area contributed by atoms with Crippen molar-refractivity contribution in [1.82, 2.24) is 29.9 Å². The predicted octanol–water partition coefficient (Wildman–Crippen LogP) is 0.651. The van der Waals surface area contributed by atoms with E-state index in [1.807, 2.05) is 4.57 Å². The van der Waals surface area contributed by atoms with E-state index in [1.165, 1.54) is 0 Å². The Labute approximate surface area is 157 Å². The van der Waals surface area contributed by atoms with Gasteiger partial charge in [-0.2, -0.15) is 0 Å². The summed E-state index contributed by atoms with van der Waals surface area (Å²) in [6, 6.07) is 0.120. The molecule has 1 unspecified atom stereocenters. The van der Waals surface area contributed by atoms with Crippen LogP contribution in [0.1, 0.15) is 61.0 Å². The van der Waals surface area contributed by atoms with Gasteiger partial charge in [0.05, 0.1) is 6.04 Å². The monoisotopic (exact) mass is 376 g/mol. The standard InChI is InChI=1S/C18H25FN6O2/c19-18(5-2-6-18)17(27)24-8-7-23-9-10-25-14(13(23)11-24)21-22-15(25)16(26)20-12-3-1-4-12/h12-13H,1-11H2,(H,20,26). The third-order valence-electron chi connectivity index (χ3n) is 6.64. The lowest BCUT2D eigenvalue weighted by molar-refractivity contribution is -0.153. The number of halogens is 1. The summed E-state index contributed by atoms with van der Waals surface area (Å²) in [5, 5.41) is 11.4. The zero-order valence-electron chi connectivity index (χ0n) is 15.4. The van der Waals surface area contributed by atoms with Crippen molar-refractivity contribution in [3.05, 3.63) is 11.6 Å². The molecule has 2 amide bonds. The van der Waals surface area contributed by atoms with Crippen LogP contribution >= 0.6 is 0 Å². The Kier molecular flexibility index (Phi) is 3.96. The number of carbonyl (C=O) groups excluding carboxylic acids is 2. The molecule has 3 fully saturated rings. The molecule has 2 aliphatic heterocycles. The van der Waals surface area contributed by atoms with Crippen LogP contribution in [0.15, 0.2) is 0 Å². The zero-order valence-corrected chi connectivity index (χ0v) is 15.4. The fraction of sp³-hybridized carbons (Fsp3) is 0.778. The average molecular weight is 376 g/mol. The van der Waals surface area contributed by atoms with Gasteiger partial charge in [0.2, 0.25) is 5.82 Å². The summed E-state index contributed by atoms with van der Waals surface area (Å²) < 4.78 is 16.5. The molecule has 0 spiro atoms.